The molecule has 0 aromatic heterocycles. The van der Waals surface area contributed by atoms with Gasteiger partial charge in [-0.1, -0.05) is 51.1 Å². The number of ether oxygens (including phenoxy) is 2. The predicted octanol–water partition coefficient (Wildman–Crippen LogP) is 3.37. The minimum atomic E-state index is -2.17. The van der Waals surface area contributed by atoms with Crippen molar-refractivity contribution in [3.63, 3.8) is 0 Å². The lowest BCUT2D eigenvalue weighted by Gasteiger charge is -2.39. The Kier molecular flexibility index (Phi) is 10.7. The fraction of sp³-hybridized carbons (Fsp3) is 0.591. The number of alkyl carbamates (subject to hydrolysis) is 1. The number of benzene rings is 1. The molecule has 1 unspecified atom stereocenters. The summed E-state index contributed by atoms with van der Waals surface area (Å²) in [7, 11) is -0.852. The van der Waals surface area contributed by atoms with Crippen molar-refractivity contribution in [1.29, 1.82) is 0 Å². The Morgan fingerprint density at radius 2 is 1.61 bits per heavy atom. The lowest BCUT2D eigenvalue weighted by Crippen LogP contribution is -2.46. The normalized spacial score (nSPS) is 12.6. The van der Waals surface area contributed by atoms with Gasteiger partial charge in [0.2, 0.25) is 5.91 Å². The summed E-state index contributed by atoms with van der Waals surface area (Å²) >= 11 is 0. The van der Waals surface area contributed by atoms with Crippen LogP contribution >= 0.6 is 0 Å². The van der Waals surface area contributed by atoms with Crippen molar-refractivity contribution < 1.29 is 28.3 Å². The van der Waals surface area contributed by atoms with E-state index >= 15 is 0 Å². The summed E-state index contributed by atoms with van der Waals surface area (Å²) in [6, 6.07) is 9.36. The topological polar surface area (TPSA) is 103 Å². The molecule has 0 heterocycles. The van der Waals surface area contributed by atoms with Crippen LogP contribution in [0.1, 0.15) is 39.2 Å². The summed E-state index contributed by atoms with van der Waals surface area (Å²) in [4.78, 5) is 35.8. The van der Waals surface area contributed by atoms with E-state index in [2.05, 4.69) is 44.5 Å². The lowest BCUT2D eigenvalue weighted by molar-refractivity contribution is -0.142. The predicted molar refractivity (Wildman–Crippen MR) is 121 cm³/mol. The van der Waals surface area contributed by atoms with Gasteiger partial charge < -0.3 is 24.5 Å². The monoisotopic (exact) mass is 452 g/mol. The van der Waals surface area contributed by atoms with E-state index in [0.717, 1.165) is 5.56 Å². The van der Waals surface area contributed by atoms with E-state index in [1.54, 1.807) is 0 Å². The van der Waals surface area contributed by atoms with Crippen LogP contribution in [0.15, 0.2) is 30.3 Å². The first-order valence-corrected chi connectivity index (χ1v) is 13.3. The molecule has 0 aliphatic heterocycles. The van der Waals surface area contributed by atoms with Gasteiger partial charge in [-0.15, -0.1) is 0 Å². The fourth-order valence-electron chi connectivity index (χ4n) is 2.44. The summed E-state index contributed by atoms with van der Waals surface area (Å²) in [6.45, 7) is 11.1. The summed E-state index contributed by atoms with van der Waals surface area (Å²) in [5.41, 5.74) is 0.893. The third-order valence-corrected chi connectivity index (χ3v) is 9.77. The minimum Gasteiger partial charge on any atom is -0.469 e. The van der Waals surface area contributed by atoms with Gasteiger partial charge in [0.15, 0.2) is 8.32 Å². The van der Waals surface area contributed by atoms with E-state index in [1.165, 1.54) is 7.11 Å². The number of hydrogen-bond donors (Lipinski definition) is 2. The standard InChI is InChI=1S/C22H36N2O6Si/c1-22(2,3)31(5,6)30-18(15-20(26)28-4)14-19(25)23-12-13-24-21(27)29-16-17-10-8-7-9-11-17/h7-11,18H,12-16H2,1-6H3,(H,23,25)(H,24,27). The number of rotatable bonds is 11. The summed E-state index contributed by atoms with van der Waals surface area (Å²) in [5, 5.41) is 5.27. The maximum Gasteiger partial charge on any atom is 0.407 e. The van der Waals surface area contributed by atoms with E-state index in [1.807, 2.05) is 30.3 Å². The van der Waals surface area contributed by atoms with Crippen molar-refractivity contribution in [3.05, 3.63) is 35.9 Å². The van der Waals surface area contributed by atoms with Gasteiger partial charge in [0.1, 0.15) is 6.61 Å². The zero-order valence-electron chi connectivity index (χ0n) is 19.4. The molecule has 1 atom stereocenters. The molecule has 9 heteroatoms. The van der Waals surface area contributed by atoms with E-state index in [9.17, 15) is 14.4 Å². The molecular formula is C22H36N2O6Si. The smallest absolute Gasteiger partial charge is 0.407 e. The SMILES string of the molecule is COC(=O)CC(CC(=O)NCCNC(=O)OCc1ccccc1)O[Si](C)(C)C(C)(C)C. The molecule has 0 radical (unpaired) electrons. The highest BCUT2D eigenvalue weighted by molar-refractivity contribution is 6.74. The van der Waals surface area contributed by atoms with Gasteiger partial charge >= 0.3 is 12.1 Å². The second kappa shape index (κ2) is 12.5. The molecule has 0 aliphatic rings. The quantitative estimate of drug-likeness (QED) is 0.303. The Labute approximate surface area is 186 Å². The Morgan fingerprint density at radius 1 is 1.00 bits per heavy atom. The average Bonchev–Trinajstić information content (AvgIpc) is 2.69. The van der Waals surface area contributed by atoms with Crippen LogP contribution in [-0.4, -0.2) is 52.6 Å². The number of carbonyl (C=O) groups excluding carboxylic acids is 3. The summed E-state index contributed by atoms with van der Waals surface area (Å²) in [6.07, 6.45) is -1.05. The summed E-state index contributed by atoms with van der Waals surface area (Å²) < 4.78 is 16.1. The second-order valence-corrected chi connectivity index (χ2v) is 13.6. The molecule has 8 nitrogen and oxygen atoms in total. The zero-order valence-corrected chi connectivity index (χ0v) is 20.4. The first-order valence-electron chi connectivity index (χ1n) is 10.4. The maximum atomic E-state index is 12.3. The van der Waals surface area contributed by atoms with Gasteiger partial charge in [0.25, 0.3) is 0 Å². The van der Waals surface area contributed by atoms with E-state index in [-0.39, 0.29) is 43.5 Å². The molecule has 0 bridgehead atoms. The molecule has 174 valence electrons. The highest BCUT2D eigenvalue weighted by Gasteiger charge is 2.40. The van der Waals surface area contributed by atoms with Crippen LogP contribution < -0.4 is 10.6 Å². The van der Waals surface area contributed by atoms with Crippen LogP contribution in [0, 0.1) is 0 Å². The Bertz CT molecular complexity index is 718. The van der Waals surface area contributed by atoms with Gasteiger partial charge in [0.05, 0.1) is 26.1 Å². The van der Waals surface area contributed by atoms with Crippen molar-refractivity contribution >= 4 is 26.3 Å². The van der Waals surface area contributed by atoms with Crippen LogP contribution in [0.3, 0.4) is 0 Å². The van der Waals surface area contributed by atoms with E-state index in [0.29, 0.717) is 0 Å². The molecule has 0 aliphatic carbocycles. The van der Waals surface area contributed by atoms with Crippen molar-refractivity contribution in [1.82, 2.24) is 10.6 Å². The minimum absolute atomic E-state index is 0.0144. The summed E-state index contributed by atoms with van der Waals surface area (Å²) in [5.74, 6) is -0.675. The van der Waals surface area contributed by atoms with Crippen molar-refractivity contribution in [2.75, 3.05) is 20.2 Å². The largest absolute Gasteiger partial charge is 0.469 e. The molecule has 31 heavy (non-hydrogen) atoms. The van der Waals surface area contributed by atoms with Gasteiger partial charge in [-0.05, 0) is 23.7 Å². The third kappa shape index (κ3) is 10.5. The Hall–Kier alpha value is -2.39. The Morgan fingerprint density at radius 3 is 2.19 bits per heavy atom. The number of amides is 2. The molecule has 0 saturated heterocycles. The third-order valence-electron chi connectivity index (χ3n) is 5.23. The van der Waals surface area contributed by atoms with Crippen LogP contribution in [-0.2, 0) is 30.1 Å². The zero-order chi connectivity index (χ0) is 23.5. The van der Waals surface area contributed by atoms with Crippen molar-refractivity contribution in [2.24, 2.45) is 0 Å². The number of esters is 1. The molecule has 2 N–H and O–H groups in total. The van der Waals surface area contributed by atoms with Crippen LogP contribution in [0.5, 0.6) is 0 Å². The molecule has 0 fully saturated rings. The molecule has 1 aromatic rings. The molecule has 0 saturated carbocycles. The highest BCUT2D eigenvalue weighted by atomic mass is 28.4. The maximum absolute atomic E-state index is 12.3. The van der Waals surface area contributed by atoms with Gasteiger partial charge in [-0.2, -0.15) is 0 Å². The molecular weight excluding hydrogens is 416 g/mol. The number of carbonyl (C=O) groups is 3. The van der Waals surface area contributed by atoms with Crippen LogP contribution in [0.2, 0.25) is 18.1 Å². The van der Waals surface area contributed by atoms with Crippen molar-refractivity contribution in [2.45, 2.75) is 64.5 Å². The van der Waals surface area contributed by atoms with E-state index < -0.39 is 26.5 Å². The van der Waals surface area contributed by atoms with E-state index in [4.69, 9.17) is 13.9 Å². The number of hydrogen-bond acceptors (Lipinski definition) is 6. The molecule has 1 aromatic carbocycles. The number of methoxy groups -OCH3 is 1. The molecule has 0 spiro atoms. The van der Waals surface area contributed by atoms with Crippen LogP contribution in [0.4, 0.5) is 4.79 Å². The molecule has 1 rings (SSSR count). The average molecular weight is 453 g/mol. The number of nitrogens with one attached hydrogen (secondary N) is 2. The fourth-order valence-corrected chi connectivity index (χ4v) is 3.79. The first kappa shape index (κ1) is 26.6. The lowest BCUT2D eigenvalue weighted by atomic mass is 10.2. The van der Waals surface area contributed by atoms with Crippen LogP contribution in [0.25, 0.3) is 0 Å². The van der Waals surface area contributed by atoms with Crippen molar-refractivity contribution in [3.8, 4) is 0 Å². The van der Waals surface area contributed by atoms with Gasteiger partial charge in [-0.25, -0.2) is 4.79 Å². The highest BCUT2D eigenvalue weighted by Crippen LogP contribution is 2.38. The second-order valence-electron chi connectivity index (χ2n) is 8.82. The van der Waals surface area contributed by atoms with Gasteiger partial charge in [0, 0.05) is 13.1 Å². The first-order chi connectivity index (χ1) is 14.4. The van der Waals surface area contributed by atoms with Gasteiger partial charge in [-0.3, -0.25) is 9.59 Å². The Balaban J connectivity index is 2.41. The molecule has 2 amide bonds.